The number of carbonyl (C=O) groups excluding carboxylic acids is 1. The Balaban J connectivity index is 1.64. The van der Waals surface area contributed by atoms with Gasteiger partial charge in [0, 0.05) is 28.9 Å². The summed E-state index contributed by atoms with van der Waals surface area (Å²) in [6.07, 6.45) is 1.71. The van der Waals surface area contributed by atoms with Crippen LogP contribution in [0.4, 0.5) is 5.69 Å². The first-order valence-electron chi connectivity index (χ1n) is 7.36. The topological polar surface area (TPSA) is 60.5 Å². The minimum absolute atomic E-state index is 0.180. The van der Waals surface area contributed by atoms with E-state index >= 15 is 0 Å². The van der Waals surface area contributed by atoms with Gasteiger partial charge < -0.3 is 14.8 Å². The van der Waals surface area contributed by atoms with Gasteiger partial charge >= 0.3 is 0 Å². The Labute approximate surface area is 132 Å². The SMILES string of the molecule is O=C(Nc1ccc2c(c1)OCCO2)c1cccc2ncccc12. The van der Waals surface area contributed by atoms with E-state index in [1.165, 1.54) is 0 Å². The molecule has 0 saturated heterocycles. The molecule has 1 N–H and O–H groups in total. The summed E-state index contributed by atoms with van der Waals surface area (Å²) in [6.45, 7) is 1.06. The zero-order valence-corrected chi connectivity index (χ0v) is 12.3. The Kier molecular flexibility index (Phi) is 3.31. The fourth-order valence-electron chi connectivity index (χ4n) is 2.62. The minimum Gasteiger partial charge on any atom is -0.486 e. The number of fused-ring (bicyclic) bond motifs is 2. The second-order valence-corrected chi connectivity index (χ2v) is 5.19. The molecule has 0 fully saturated rings. The summed E-state index contributed by atoms with van der Waals surface area (Å²) < 4.78 is 11.0. The summed E-state index contributed by atoms with van der Waals surface area (Å²) in [5.41, 5.74) is 2.05. The number of hydrogen-bond donors (Lipinski definition) is 1. The van der Waals surface area contributed by atoms with Gasteiger partial charge in [-0.2, -0.15) is 0 Å². The molecule has 0 radical (unpaired) electrons. The fourth-order valence-corrected chi connectivity index (χ4v) is 2.62. The van der Waals surface area contributed by atoms with Gasteiger partial charge in [0.05, 0.1) is 5.52 Å². The Morgan fingerprint density at radius 2 is 1.87 bits per heavy atom. The molecule has 0 unspecified atom stereocenters. The third kappa shape index (κ3) is 2.57. The summed E-state index contributed by atoms with van der Waals surface area (Å²) in [4.78, 5) is 16.9. The van der Waals surface area contributed by atoms with Crippen LogP contribution in [0.15, 0.2) is 54.7 Å². The third-order valence-electron chi connectivity index (χ3n) is 3.69. The number of carbonyl (C=O) groups is 1. The number of nitrogens with zero attached hydrogens (tertiary/aromatic N) is 1. The number of nitrogens with one attached hydrogen (secondary N) is 1. The van der Waals surface area contributed by atoms with Gasteiger partial charge in [0.1, 0.15) is 13.2 Å². The molecule has 23 heavy (non-hydrogen) atoms. The quantitative estimate of drug-likeness (QED) is 0.789. The number of amides is 1. The first kappa shape index (κ1) is 13.6. The van der Waals surface area contributed by atoms with E-state index in [1.54, 1.807) is 30.5 Å². The van der Waals surface area contributed by atoms with Crippen LogP contribution in [0, 0.1) is 0 Å². The lowest BCUT2D eigenvalue weighted by atomic mass is 10.1. The largest absolute Gasteiger partial charge is 0.486 e. The molecule has 0 bridgehead atoms. The third-order valence-corrected chi connectivity index (χ3v) is 3.69. The first-order valence-corrected chi connectivity index (χ1v) is 7.36. The predicted molar refractivity (Wildman–Crippen MR) is 87.1 cm³/mol. The molecule has 0 spiro atoms. The van der Waals surface area contributed by atoms with Crippen LogP contribution in [-0.4, -0.2) is 24.1 Å². The maximum Gasteiger partial charge on any atom is 0.256 e. The highest BCUT2D eigenvalue weighted by Gasteiger charge is 2.14. The van der Waals surface area contributed by atoms with E-state index in [0.29, 0.717) is 36.0 Å². The molecular formula is C18H14N2O3. The van der Waals surface area contributed by atoms with E-state index in [2.05, 4.69) is 10.3 Å². The normalized spacial score (nSPS) is 12.9. The predicted octanol–water partition coefficient (Wildman–Crippen LogP) is 3.26. The van der Waals surface area contributed by atoms with Crippen molar-refractivity contribution in [2.75, 3.05) is 18.5 Å². The van der Waals surface area contributed by atoms with Crippen molar-refractivity contribution in [1.82, 2.24) is 4.98 Å². The van der Waals surface area contributed by atoms with Crippen LogP contribution in [0.1, 0.15) is 10.4 Å². The summed E-state index contributed by atoms with van der Waals surface area (Å²) in [7, 11) is 0. The van der Waals surface area contributed by atoms with Gasteiger partial charge in [-0.3, -0.25) is 9.78 Å². The molecule has 5 heteroatoms. The van der Waals surface area contributed by atoms with Crippen molar-refractivity contribution in [2.24, 2.45) is 0 Å². The van der Waals surface area contributed by atoms with Crippen LogP contribution in [0.5, 0.6) is 11.5 Å². The molecule has 1 aliphatic rings. The van der Waals surface area contributed by atoms with E-state index in [4.69, 9.17) is 9.47 Å². The Hall–Kier alpha value is -3.08. The molecular weight excluding hydrogens is 292 g/mol. The van der Waals surface area contributed by atoms with E-state index < -0.39 is 0 Å². The molecule has 2 heterocycles. The standard InChI is InChI=1S/C18H14N2O3/c21-18(14-3-1-5-15-13(14)4-2-8-19-15)20-12-6-7-16-17(11-12)23-10-9-22-16/h1-8,11H,9-10H2,(H,20,21). The maximum atomic E-state index is 12.6. The molecule has 0 aliphatic carbocycles. The number of pyridine rings is 1. The molecule has 114 valence electrons. The van der Waals surface area contributed by atoms with Crippen molar-refractivity contribution in [3.05, 3.63) is 60.3 Å². The first-order chi connectivity index (χ1) is 11.3. The van der Waals surface area contributed by atoms with Crippen molar-refractivity contribution in [2.45, 2.75) is 0 Å². The molecule has 1 amide bonds. The highest BCUT2D eigenvalue weighted by molar-refractivity contribution is 6.12. The molecule has 0 atom stereocenters. The van der Waals surface area contributed by atoms with Gasteiger partial charge in [-0.25, -0.2) is 0 Å². The minimum atomic E-state index is -0.180. The van der Waals surface area contributed by atoms with Gasteiger partial charge in [0.15, 0.2) is 11.5 Å². The molecule has 1 aliphatic heterocycles. The van der Waals surface area contributed by atoms with E-state index in [-0.39, 0.29) is 5.91 Å². The van der Waals surface area contributed by atoms with Crippen LogP contribution >= 0.6 is 0 Å². The molecule has 1 aromatic heterocycles. The van der Waals surface area contributed by atoms with Crippen LogP contribution < -0.4 is 14.8 Å². The van der Waals surface area contributed by atoms with Crippen LogP contribution in [0.2, 0.25) is 0 Å². The number of benzene rings is 2. The number of aromatic nitrogens is 1. The Morgan fingerprint density at radius 3 is 2.78 bits per heavy atom. The molecule has 2 aromatic carbocycles. The zero-order chi connectivity index (χ0) is 15.6. The van der Waals surface area contributed by atoms with Gasteiger partial charge in [0.25, 0.3) is 5.91 Å². The Morgan fingerprint density at radius 1 is 1.00 bits per heavy atom. The number of ether oxygens (including phenoxy) is 2. The average Bonchev–Trinajstić information content (AvgIpc) is 2.61. The lowest BCUT2D eigenvalue weighted by molar-refractivity contribution is 0.102. The lowest BCUT2D eigenvalue weighted by Gasteiger charge is -2.19. The molecule has 5 nitrogen and oxygen atoms in total. The van der Waals surface area contributed by atoms with Gasteiger partial charge in [0.2, 0.25) is 0 Å². The van der Waals surface area contributed by atoms with Gasteiger partial charge in [-0.05, 0) is 30.3 Å². The van der Waals surface area contributed by atoms with Crippen molar-refractivity contribution >= 4 is 22.5 Å². The van der Waals surface area contributed by atoms with Gasteiger partial charge in [-0.15, -0.1) is 0 Å². The maximum absolute atomic E-state index is 12.6. The van der Waals surface area contributed by atoms with Crippen LogP contribution in [-0.2, 0) is 0 Å². The summed E-state index contributed by atoms with van der Waals surface area (Å²) in [5.74, 6) is 1.16. The molecule has 3 aromatic rings. The van der Waals surface area contributed by atoms with E-state index in [1.807, 2.05) is 24.3 Å². The Bertz CT molecular complexity index is 887. The highest BCUT2D eigenvalue weighted by atomic mass is 16.6. The second-order valence-electron chi connectivity index (χ2n) is 5.19. The van der Waals surface area contributed by atoms with E-state index in [9.17, 15) is 4.79 Å². The van der Waals surface area contributed by atoms with Crippen molar-refractivity contribution in [3.63, 3.8) is 0 Å². The highest BCUT2D eigenvalue weighted by Crippen LogP contribution is 2.32. The molecule has 4 rings (SSSR count). The van der Waals surface area contributed by atoms with Crippen molar-refractivity contribution in [1.29, 1.82) is 0 Å². The second kappa shape index (κ2) is 5.61. The summed E-state index contributed by atoms with van der Waals surface area (Å²) in [6, 6.07) is 14.6. The summed E-state index contributed by atoms with van der Waals surface area (Å²) >= 11 is 0. The smallest absolute Gasteiger partial charge is 0.256 e. The average molecular weight is 306 g/mol. The van der Waals surface area contributed by atoms with Crippen molar-refractivity contribution < 1.29 is 14.3 Å². The van der Waals surface area contributed by atoms with Crippen molar-refractivity contribution in [3.8, 4) is 11.5 Å². The fraction of sp³-hybridized carbons (Fsp3) is 0.111. The van der Waals surface area contributed by atoms with Gasteiger partial charge in [-0.1, -0.05) is 12.1 Å². The lowest BCUT2D eigenvalue weighted by Crippen LogP contribution is -2.16. The number of hydrogen-bond acceptors (Lipinski definition) is 4. The van der Waals surface area contributed by atoms with Crippen LogP contribution in [0.25, 0.3) is 10.9 Å². The number of anilines is 1. The summed E-state index contributed by atoms with van der Waals surface area (Å²) in [5, 5.41) is 3.72. The van der Waals surface area contributed by atoms with Crippen LogP contribution in [0.3, 0.4) is 0 Å². The number of rotatable bonds is 2. The monoisotopic (exact) mass is 306 g/mol. The zero-order valence-electron chi connectivity index (χ0n) is 12.3. The molecule has 0 saturated carbocycles. The van der Waals surface area contributed by atoms with E-state index in [0.717, 1.165) is 10.9 Å².